The molecular formula is C24H27N5O7. The van der Waals surface area contributed by atoms with Crippen molar-refractivity contribution in [2.75, 3.05) is 37.5 Å². The Hall–Kier alpha value is -4.29. The van der Waals surface area contributed by atoms with E-state index < -0.39 is 35.9 Å². The van der Waals surface area contributed by atoms with Crippen LogP contribution in [0.15, 0.2) is 42.5 Å². The van der Waals surface area contributed by atoms with Crippen molar-refractivity contribution in [2.24, 2.45) is 5.73 Å². The third-order valence-electron chi connectivity index (χ3n) is 5.58. The van der Waals surface area contributed by atoms with Crippen LogP contribution in [0.1, 0.15) is 21.5 Å². The predicted molar refractivity (Wildman–Crippen MR) is 130 cm³/mol. The molecule has 12 nitrogen and oxygen atoms in total. The summed E-state index contributed by atoms with van der Waals surface area (Å²) in [6, 6.07) is 10.7. The van der Waals surface area contributed by atoms with Crippen LogP contribution in [-0.2, 0) is 30.3 Å². The van der Waals surface area contributed by atoms with Gasteiger partial charge in [-0.3, -0.25) is 24.6 Å². The molecule has 1 saturated heterocycles. The van der Waals surface area contributed by atoms with Gasteiger partial charge < -0.3 is 35.8 Å². The average molecular weight is 498 g/mol. The lowest BCUT2D eigenvalue weighted by Crippen LogP contribution is -2.55. The van der Waals surface area contributed by atoms with Gasteiger partial charge in [-0.25, -0.2) is 0 Å². The van der Waals surface area contributed by atoms with Crippen LogP contribution in [0.3, 0.4) is 0 Å². The second-order valence-corrected chi connectivity index (χ2v) is 7.85. The quantitative estimate of drug-likeness (QED) is 0.188. The van der Waals surface area contributed by atoms with E-state index >= 15 is 0 Å². The Labute approximate surface area is 206 Å². The summed E-state index contributed by atoms with van der Waals surface area (Å²) in [5, 5.41) is 23.0. The molecule has 2 atom stereocenters. The van der Waals surface area contributed by atoms with Gasteiger partial charge in [0.2, 0.25) is 0 Å². The Morgan fingerprint density at radius 3 is 2.56 bits per heavy atom. The van der Waals surface area contributed by atoms with E-state index in [1.54, 1.807) is 12.1 Å². The van der Waals surface area contributed by atoms with E-state index in [9.17, 15) is 24.3 Å². The number of rotatable bonds is 8. The molecule has 0 aliphatic carbocycles. The number of ether oxygens (including phenoxy) is 2. The lowest BCUT2D eigenvalue weighted by molar-refractivity contribution is -0.150. The number of methoxy groups -OCH3 is 1. The zero-order chi connectivity index (χ0) is 26.4. The number of morpholine rings is 1. The summed E-state index contributed by atoms with van der Waals surface area (Å²) < 4.78 is 10.1. The van der Waals surface area contributed by atoms with E-state index in [1.807, 2.05) is 0 Å². The molecule has 190 valence electrons. The maximum atomic E-state index is 13.3. The smallest absolute Gasteiger partial charge is 0.310 e. The molecule has 3 amide bonds. The fraction of sp³-hybridized carbons (Fsp3) is 0.292. The molecule has 2 aromatic carbocycles. The van der Waals surface area contributed by atoms with Crippen LogP contribution in [0.25, 0.3) is 0 Å². The van der Waals surface area contributed by atoms with Gasteiger partial charge in [0.1, 0.15) is 5.84 Å². The first-order valence-electron chi connectivity index (χ1n) is 10.9. The van der Waals surface area contributed by atoms with Crippen LogP contribution < -0.4 is 21.3 Å². The van der Waals surface area contributed by atoms with Gasteiger partial charge in [-0.15, -0.1) is 0 Å². The van der Waals surface area contributed by atoms with Gasteiger partial charge in [0.15, 0.2) is 12.2 Å². The number of esters is 1. The number of hydrogen-bond donors (Lipinski definition) is 5. The second kappa shape index (κ2) is 11.4. The first-order chi connectivity index (χ1) is 17.2. The van der Waals surface area contributed by atoms with Crippen molar-refractivity contribution in [1.82, 2.24) is 5.32 Å². The van der Waals surface area contributed by atoms with Crippen molar-refractivity contribution in [3.63, 3.8) is 0 Å². The lowest BCUT2D eigenvalue weighted by Gasteiger charge is -2.35. The molecule has 1 fully saturated rings. The summed E-state index contributed by atoms with van der Waals surface area (Å²) in [5.41, 5.74) is 6.85. The van der Waals surface area contributed by atoms with E-state index in [2.05, 4.69) is 10.6 Å². The summed E-state index contributed by atoms with van der Waals surface area (Å²) in [6.07, 6.45) is -3.57. The van der Waals surface area contributed by atoms with Crippen LogP contribution in [-0.4, -0.2) is 74.2 Å². The van der Waals surface area contributed by atoms with E-state index in [0.29, 0.717) is 16.8 Å². The van der Waals surface area contributed by atoms with Crippen molar-refractivity contribution in [3.8, 4) is 0 Å². The first kappa shape index (κ1) is 26.3. The summed E-state index contributed by atoms with van der Waals surface area (Å²) >= 11 is 0. The molecule has 0 saturated carbocycles. The fourth-order valence-corrected chi connectivity index (χ4v) is 3.73. The van der Waals surface area contributed by atoms with Gasteiger partial charge in [-0.1, -0.05) is 12.1 Å². The molecular weight excluding hydrogens is 470 g/mol. The van der Waals surface area contributed by atoms with Crippen LogP contribution in [0.2, 0.25) is 0 Å². The lowest BCUT2D eigenvalue weighted by atomic mass is 9.99. The van der Waals surface area contributed by atoms with Crippen molar-refractivity contribution < 1.29 is 33.8 Å². The number of nitrogens with zero attached hydrogens (tertiary/aromatic N) is 1. The number of aliphatic hydroxyl groups excluding tert-OH is 1. The molecule has 12 heteroatoms. The second-order valence-electron chi connectivity index (χ2n) is 7.85. The van der Waals surface area contributed by atoms with Gasteiger partial charge in [-0.05, 0) is 35.9 Å². The van der Waals surface area contributed by atoms with Gasteiger partial charge in [-0.2, -0.15) is 0 Å². The molecule has 1 unspecified atom stereocenters. The number of amides is 3. The molecule has 2 aromatic rings. The van der Waals surface area contributed by atoms with E-state index in [-0.39, 0.29) is 36.7 Å². The number of benzene rings is 2. The standard InChI is InChI=1S/C24H27N5O7/c1-27-22(32)18-14(12-17(30)35-2)4-3-5-16(18)29-10-11-36-20(24(29)34)19(31)23(33)28-15-8-6-13(7-9-15)21(25)26/h3-9,19-20,31H,10-12H2,1-2H3,(H3,25,26)(H,27,32)(H,28,33)/t19?,20-/m1/s1. The number of amidine groups is 1. The minimum absolute atomic E-state index is 0.0114. The number of nitrogens with two attached hydrogens (primary N) is 1. The Morgan fingerprint density at radius 2 is 1.94 bits per heavy atom. The number of anilines is 2. The van der Waals surface area contributed by atoms with Crippen LogP contribution in [0, 0.1) is 5.41 Å². The third-order valence-corrected chi connectivity index (χ3v) is 5.58. The molecule has 36 heavy (non-hydrogen) atoms. The highest BCUT2D eigenvalue weighted by Gasteiger charge is 2.40. The Bertz CT molecular complexity index is 1180. The van der Waals surface area contributed by atoms with E-state index in [1.165, 1.54) is 49.4 Å². The van der Waals surface area contributed by atoms with Crippen LogP contribution in [0.5, 0.6) is 0 Å². The molecule has 6 N–H and O–H groups in total. The van der Waals surface area contributed by atoms with Gasteiger partial charge >= 0.3 is 5.97 Å². The molecule has 3 rings (SSSR count). The predicted octanol–water partition coefficient (Wildman–Crippen LogP) is -0.223. The van der Waals surface area contributed by atoms with Crippen molar-refractivity contribution in [1.29, 1.82) is 5.41 Å². The summed E-state index contributed by atoms with van der Waals surface area (Å²) in [7, 11) is 2.65. The molecule has 1 aliphatic heterocycles. The Kier molecular flexibility index (Phi) is 8.35. The molecule has 1 aliphatic rings. The van der Waals surface area contributed by atoms with E-state index in [0.717, 1.165) is 0 Å². The SMILES string of the molecule is CNC(=O)c1c(CC(=O)OC)cccc1N1CCO[C@H](C(O)C(=O)Nc2ccc(C(=N)N)cc2)C1=O. The fourth-order valence-electron chi connectivity index (χ4n) is 3.73. The molecule has 0 radical (unpaired) electrons. The maximum Gasteiger partial charge on any atom is 0.310 e. The maximum absolute atomic E-state index is 13.3. The van der Waals surface area contributed by atoms with Gasteiger partial charge in [0, 0.05) is 24.8 Å². The van der Waals surface area contributed by atoms with Crippen LogP contribution in [0.4, 0.5) is 11.4 Å². The number of nitrogen functional groups attached to an aromatic ring is 1. The Morgan fingerprint density at radius 1 is 1.25 bits per heavy atom. The van der Waals surface area contributed by atoms with Crippen LogP contribution >= 0.6 is 0 Å². The first-order valence-corrected chi connectivity index (χ1v) is 10.9. The normalized spacial score (nSPS) is 16.1. The summed E-state index contributed by atoms with van der Waals surface area (Å²) in [5.74, 6) is -2.83. The van der Waals surface area contributed by atoms with E-state index in [4.69, 9.17) is 20.6 Å². The molecule has 0 spiro atoms. The minimum Gasteiger partial charge on any atom is -0.469 e. The number of hydrogen-bond acceptors (Lipinski definition) is 8. The highest BCUT2D eigenvalue weighted by molar-refractivity contribution is 6.09. The largest absolute Gasteiger partial charge is 0.469 e. The summed E-state index contributed by atoms with van der Waals surface area (Å²) in [4.78, 5) is 51.8. The van der Waals surface area contributed by atoms with Gasteiger partial charge in [0.05, 0.1) is 31.4 Å². The number of carbonyl (C=O) groups is 4. The molecule has 1 heterocycles. The number of nitrogens with one attached hydrogen (secondary N) is 3. The van der Waals surface area contributed by atoms with Crippen molar-refractivity contribution in [2.45, 2.75) is 18.6 Å². The highest BCUT2D eigenvalue weighted by atomic mass is 16.5. The molecule has 0 bridgehead atoms. The zero-order valence-corrected chi connectivity index (χ0v) is 19.7. The minimum atomic E-state index is -1.85. The van der Waals surface area contributed by atoms with Crippen molar-refractivity contribution >= 4 is 40.9 Å². The monoisotopic (exact) mass is 497 g/mol. The zero-order valence-electron chi connectivity index (χ0n) is 19.7. The highest BCUT2D eigenvalue weighted by Crippen LogP contribution is 2.28. The third kappa shape index (κ3) is 5.67. The van der Waals surface area contributed by atoms with Gasteiger partial charge in [0.25, 0.3) is 17.7 Å². The average Bonchev–Trinajstić information content (AvgIpc) is 2.88. The number of aliphatic hydroxyl groups is 1. The Balaban J connectivity index is 1.84. The number of carbonyl (C=O) groups excluding carboxylic acids is 4. The van der Waals surface area contributed by atoms with Crippen molar-refractivity contribution in [3.05, 3.63) is 59.2 Å². The summed E-state index contributed by atoms with van der Waals surface area (Å²) in [6.45, 7) is 0.0460. The topological polar surface area (TPSA) is 184 Å². The molecule has 0 aromatic heterocycles.